The van der Waals surface area contributed by atoms with Gasteiger partial charge in [-0.2, -0.15) is 0 Å². The second-order valence-electron chi connectivity index (χ2n) is 1.61. The zero-order valence-electron chi connectivity index (χ0n) is 5.75. The minimum absolute atomic E-state index is 0.151. The average molecular weight is 176 g/mol. The molecule has 0 amide bonds. The van der Waals surface area contributed by atoms with E-state index >= 15 is 0 Å². The molecule has 0 saturated carbocycles. The Bertz CT molecular complexity index is 301. The van der Waals surface area contributed by atoms with Crippen LogP contribution in [0.1, 0.15) is 17.6 Å². The number of aromatic nitrogens is 1. The van der Waals surface area contributed by atoms with Gasteiger partial charge in [-0.15, -0.1) is 4.37 Å². The van der Waals surface area contributed by atoms with Gasteiger partial charge in [0.05, 0.1) is 6.61 Å². The van der Waals surface area contributed by atoms with Crippen LogP contribution in [0.4, 0.5) is 0 Å². The number of esters is 1. The molecule has 0 aliphatic heterocycles. The highest BCUT2D eigenvalue weighted by Gasteiger charge is 2.21. The van der Waals surface area contributed by atoms with Crippen LogP contribution in [0.2, 0.25) is 0 Å². The van der Waals surface area contributed by atoms with Gasteiger partial charge < -0.3 is 9.15 Å². The predicted molar refractivity (Wildman–Crippen MR) is 35.4 cm³/mol. The van der Waals surface area contributed by atoms with E-state index in [2.05, 4.69) is 13.5 Å². The number of aromatic amines is 1. The van der Waals surface area contributed by atoms with Gasteiger partial charge in [-0.05, 0) is 6.92 Å². The zero-order valence-corrected chi connectivity index (χ0v) is 6.56. The molecule has 0 unspecified atom stereocenters. The van der Waals surface area contributed by atoms with Crippen LogP contribution in [-0.4, -0.2) is 12.6 Å². The van der Waals surface area contributed by atoms with Crippen LogP contribution >= 0.6 is 11.5 Å². The summed E-state index contributed by atoms with van der Waals surface area (Å²) in [5, 5.41) is 0. The molecule has 60 valence electrons. The molecule has 0 aliphatic rings. The lowest BCUT2D eigenvalue weighted by atomic mass is 10.7. The fourth-order valence-corrected chi connectivity index (χ4v) is 0.919. The summed E-state index contributed by atoms with van der Waals surface area (Å²) in [4.78, 5) is 20.6. The number of ether oxygens (including phenoxy) is 1. The first-order chi connectivity index (χ1) is 5.24. The van der Waals surface area contributed by atoms with Crippen molar-refractivity contribution < 1.29 is 18.3 Å². The van der Waals surface area contributed by atoms with Gasteiger partial charge in [0.1, 0.15) is 0 Å². The molecule has 1 heterocycles. The Morgan fingerprint density at radius 2 is 2.55 bits per heavy atom. The third-order valence-electron chi connectivity index (χ3n) is 0.873. The first-order valence-corrected chi connectivity index (χ1v) is 3.74. The van der Waals surface area contributed by atoms with Crippen molar-refractivity contribution >= 4 is 17.5 Å². The SMILES string of the molecule is CCOC(=O)c1[nH+]sc(=O)o1. The smallest absolute Gasteiger partial charge is 0.455 e. The summed E-state index contributed by atoms with van der Waals surface area (Å²) in [5.74, 6) is -0.798. The van der Waals surface area contributed by atoms with Crippen molar-refractivity contribution in [2.24, 2.45) is 0 Å². The standard InChI is InChI=1S/C5H5NO4S/c1-2-9-4(7)3-6-11-5(8)10-3/h2H2,1H3/p+1. The molecule has 0 saturated heterocycles. The van der Waals surface area contributed by atoms with Gasteiger partial charge >= 0.3 is 16.8 Å². The van der Waals surface area contributed by atoms with E-state index in [-0.39, 0.29) is 12.5 Å². The predicted octanol–water partition coefficient (Wildman–Crippen LogP) is -0.308. The number of carbonyl (C=O) groups excluding carboxylic acids is 1. The summed E-state index contributed by atoms with van der Waals surface area (Å²) in [6, 6.07) is 0. The molecule has 0 spiro atoms. The third kappa shape index (κ3) is 1.87. The van der Waals surface area contributed by atoms with Crippen LogP contribution in [0.25, 0.3) is 0 Å². The summed E-state index contributed by atoms with van der Waals surface area (Å²) < 4.78 is 11.4. The molecule has 1 rings (SSSR count). The largest absolute Gasteiger partial charge is 0.476 e. The van der Waals surface area contributed by atoms with Crippen molar-refractivity contribution in [2.45, 2.75) is 6.92 Å². The second kappa shape index (κ2) is 3.29. The van der Waals surface area contributed by atoms with E-state index in [1.165, 1.54) is 0 Å². The summed E-state index contributed by atoms with van der Waals surface area (Å²) in [7, 11) is 0. The minimum Gasteiger partial charge on any atom is -0.455 e. The van der Waals surface area contributed by atoms with Gasteiger partial charge in [-0.3, -0.25) is 0 Å². The van der Waals surface area contributed by atoms with Crippen LogP contribution in [0.5, 0.6) is 0 Å². The van der Waals surface area contributed by atoms with E-state index in [0.717, 1.165) is 0 Å². The molecule has 11 heavy (non-hydrogen) atoms. The number of hydrogen-bond donors (Lipinski definition) is 0. The lowest BCUT2D eigenvalue weighted by molar-refractivity contribution is -0.314. The fraction of sp³-hybridized carbons (Fsp3) is 0.400. The van der Waals surface area contributed by atoms with E-state index in [1.54, 1.807) is 6.92 Å². The first-order valence-electron chi connectivity index (χ1n) is 2.92. The Kier molecular flexibility index (Phi) is 2.37. The summed E-state index contributed by atoms with van der Waals surface area (Å²) in [6.07, 6.45) is 0. The van der Waals surface area contributed by atoms with Gasteiger partial charge in [0.2, 0.25) is 11.5 Å². The summed E-state index contributed by atoms with van der Waals surface area (Å²) in [5.41, 5.74) is 0. The van der Waals surface area contributed by atoms with Crippen molar-refractivity contribution in [3.8, 4) is 0 Å². The molecule has 1 aromatic heterocycles. The van der Waals surface area contributed by atoms with Crippen LogP contribution in [0, 0.1) is 0 Å². The molecule has 0 aromatic carbocycles. The highest BCUT2D eigenvalue weighted by atomic mass is 32.1. The zero-order chi connectivity index (χ0) is 8.27. The van der Waals surface area contributed by atoms with Gasteiger partial charge in [0.15, 0.2) is 0 Å². The maximum absolute atomic E-state index is 10.8. The Morgan fingerprint density at radius 1 is 1.82 bits per heavy atom. The van der Waals surface area contributed by atoms with Gasteiger partial charge in [-0.1, -0.05) is 0 Å². The fourth-order valence-electron chi connectivity index (χ4n) is 0.493. The van der Waals surface area contributed by atoms with E-state index < -0.39 is 10.9 Å². The lowest BCUT2D eigenvalue weighted by Gasteiger charge is -1.89. The van der Waals surface area contributed by atoms with Crippen LogP contribution in [-0.2, 0) is 4.74 Å². The molecule has 0 radical (unpaired) electrons. The van der Waals surface area contributed by atoms with E-state index in [1.807, 2.05) is 0 Å². The first kappa shape index (κ1) is 7.93. The normalized spacial score (nSPS) is 9.55. The maximum atomic E-state index is 10.8. The van der Waals surface area contributed by atoms with Crippen molar-refractivity contribution in [1.29, 1.82) is 0 Å². The van der Waals surface area contributed by atoms with Crippen LogP contribution < -0.4 is 9.31 Å². The summed E-state index contributed by atoms with van der Waals surface area (Å²) >= 11 is 0.711. The lowest BCUT2D eigenvalue weighted by Crippen LogP contribution is -2.13. The molecule has 0 bridgehead atoms. The Hall–Kier alpha value is -1.17. The molecule has 0 fully saturated rings. The monoisotopic (exact) mass is 176 g/mol. The van der Waals surface area contributed by atoms with E-state index in [9.17, 15) is 9.59 Å². The van der Waals surface area contributed by atoms with Gasteiger partial charge in [0, 0.05) is 0 Å². The second-order valence-corrected chi connectivity index (χ2v) is 2.35. The summed E-state index contributed by atoms with van der Waals surface area (Å²) in [6.45, 7) is 1.93. The highest BCUT2D eigenvalue weighted by molar-refractivity contribution is 6.98. The quantitative estimate of drug-likeness (QED) is 0.579. The molecule has 0 aliphatic carbocycles. The Labute approximate surface area is 65.8 Å². The molecule has 1 N–H and O–H groups in total. The molecular weight excluding hydrogens is 170 g/mol. The van der Waals surface area contributed by atoms with Crippen LogP contribution in [0.15, 0.2) is 9.21 Å². The number of nitrogens with one attached hydrogen (secondary N) is 1. The van der Waals surface area contributed by atoms with Crippen molar-refractivity contribution in [3.05, 3.63) is 15.6 Å². The van der Waals surface area contributed by atoms with Gasteiger partial charge in [-0.25, -0.2) is 9.59 Å². The molecule has 6 heteroatoms. The Morgan fingerprint density at radius 3 is 3.00 bits per heavy atom. The number of H-pyrrole nitrogens is 1. The molecular formula is C5H6NO4S+. The number of carbonyl (C=O) groups is 1. The molecule has 5 nitrogen and oxygen atoms in total. The molecule has 0 atom stereocenters. The van der Waals surface area contributed by atoms with Crippen molar-refractivity contribution in [1.82, 2.24) is 0 Å². The van der Waals surface area contributed by atoms with Crippen molar-refractivity contribution in [3.63, 3.8) is 0 Å². The van der Waals surface area contributed by atoms with Crippen molar-refractivity contribution in [2.75, 3.05) is 6.61 Å². The molecule has 1 aromatic rings. The van der Waals surface area contributed by atoms with Gasteiger partial charge in [0.25, 0.3) is 0 Å². The minimum atomic E-state index is -0.647. The Balaban J connectivity index is 2.76. The van der Waals surface area contributed by atoms with Crippen LogP contribution in [0.3, 0.4) is 0 Å². The van der Waals surface area contributed by atoms with E-state index in [0.29, 0.717) is 11.5 Å². The highest BCUT2D eigenvalue weighted by Crippen LogP contribution is 1.90. The topological polar surface area (TPSA) is 70.7 Å². The number of hydrogen-bond acceptors (Lipinski definition) is 5. The van der Waals surface area contributed by atoms with E-state index in [4.69, 9.17) is 0 Å². The number of rotatable bonds is 2. The average Bonchev–Trinajstić information content (AvgIpc) is 2.36. The third-order valence-corrected chi connectivity index (χ3v) is 1.41. The maximum Gasteiger partial charge on any atom is 0.476 e.